The Morgan fingerprint density at radius 1 is 0.839 bits per heavy atom. The molecule has 31 heavy (non-hydrogen) atoms. The molecule has 0 aliphatic carbocycles. The van der Waals surface area contributed by atoms with Gasteiger partial charge in [0.15, 0.2) is 11.0 Å². The second-order valence-corrected chi connectivity index (χ2v) is 9.08. The van der Waals surface area contributed by atoms with Crippen LogP contribution in [0.3, 0.4) is 0 Å². The summed E-state index contributed by atoms with van der Waals surface area (Å²) < 4.78 is 2.04. The molecule has 4 rings (SSSR count). The summed E-state index contributed by atoms with van der Waals surface area (Å²) in [6.45, 7) is 7.19. The van der Waals surface area contributed by atoms with Crippen LogP contribution in [0.15, 0.2) is 64.9 Å². The zero-order valence-electron chi connectivity index (χ0n) is 17.6. The minimum atomic E-state index is 0.0714. The molecule has 0 unspecified atom stereocenters. The zero-order valence-corrected chi connectivity index (χ0v) is 18.5. The fourth-order valence-electron chi connectivity index (χ4n) is 3.12. The largest absolute Gasteiger partial charge is 0.368 e. The molecule has 2 aromatic heterocycles. The molecular formula is C22H24N8S. The number of hydrogen-bond donors (Lipinski definition) is 2. The van der Waals surface area contributed by atoms with E-state index in [1.807, 2.05) is 22.8 Å². The van der Waals surface area contributed by atoms with E-state index in [0.29, 0.717) is 16.9 Å². The van der Waals surface area contributed by atoms with Crippen molar-refractivity contribution >= 4 is 23.7 Å². The van der Waals surface area contributed by atoms with Gasteiger partial charge < -0.3 is 11.5 Å². The van der Waals surface area contributed by atoms with Crippen molar-refractivity contribution in [1.82, 2.24) is 29.7 Å². The molecule has 0 aliphatic rings. The van der Waals surface area contributed by atoms with Crippen LogP contribution in [0, 0.1) is 0 Å². The van der Waals surface area contributed by atoms with E-state index < -0.39 is 0 Å². The predicted octanol–water partition coefficient (Wildman–Crippen LogP) is 3.79. The van der Waals surface area contributed by atoms with Crippen LogP contribution in [-0.4, -0.2) is 29.7 Å². The molecule has 0 fully saturated rings. The summed E-state index contributed by atoms with van der Waals surface area (Å²) in [5.41, 5.74) is 14.9. The van der Waals surface area contributed by atoms with Gasteiger partial charge in [0.1, 0.15) is 0 Å². The van der Waals surface area contributed by atoms with Gasteiger partial charge in [0, 0.05) is 5.56 Å². The van der Waals surface area contributed by atoms with Crippen LogP contribution in [0.25, 0.3) is 11.4 Å². The molecular weight excluding hydrogens is 408 g/mol. The van der Waals surface area contributed by atoms with Gasteiger partial charge in [0.25, 0.3) is 0 Å². The third kappa shape index (κ3) is 4.83. The molecule has 0 radical (unpaired) electrons. The summed E-state index contributed by atoms with van der Waals surface area (Å²) in [6.07, 6.45) is 0. The zero-order chi connectivity index (χ0) is 22.0. The molecule has 158 valence electrons. The first-order valence-electron chi connectivity index (χ1n) is 9.82. The van der Waals surface area contributed by atoms with Crippen molar-refractivity contribution < 1.29 is 0 Å². The maximum Gasteiger partial charge on any atom is 0.225 e. The maximum atomic E-state index is 5.72. The van der Waals surface area contributed by atoms with E-state index >= 15 is 0 Å². The SMILES string of the molecule is CC(C)(C)c1ccc(-c2nnc(Sc3nc(N)nc(N)n3)n2Cc2ccccc2)cc1. The van der Waals surface area contributed by atoms with E-state index in [0.717, 1.165) is 17.0 Å². The highest BCUT2D eigenvalue weighted by Gasteiger charge is 2.19. The van der Waals surface area contributed by atoms with Gasteiger partial charge in [0.05, 0.1) is 6.54 Å². The van der Waals surface area contributed by atoms with Gasteiger partial charge >= 0.3 is 0 Å². The first-order valence-corrected chi connectivity index (χ1v) is 10.6. The summed E-state index contributed by atoms with van der Waals surface area (Å²) >= 11 is 1.25. The molecule has 0 amide bonds. The van der Waals surface area contributed by atoms with Gasteiger partial charge in [-0.2, -0.15) is 15.0 Å². The number of nitrogen functional groups attached to an aromatic ring is 2. The van der Waals surface area contributed by atoms with Crippen LogP contribution in [0.2, 0.25) is 0 Å². The van der Waals surface area contributed by atoms with Gasteiger partial charge in [-0.15, -0.1) is 10.2 Å². The summed E-state index contributed by atoms with van der Waals surface area (Å²) in [7, 11) is 0. The van der Waals surface area contributed by atoms with Gasteiger partial charge in [-0.3, -0.25) is 4.57 Å². The number of nitrogens with two attached hydrogens (primary N) is 2. The van der Waals surface area contributed by atoms with E-state index in [9.17, 15) is 0 Å². The molecule has 8 nitrogen and oxygen atoms in total. The summed E-state index contributed by atoms with van der Waals surface area (Å²) in [5.74, 6) is 0.908. The van der Waals surface area contributed by atoms with Crippen LogP contribution >= 0.6 is 11.8 Å². The number of aromatic nitrogens is 6. The van der Waals surface area contributed by atoms with Gasteiger partial charge in [0.2, 0.25) is 17.1 Å². The second kappa shape index (κ2) is 8.35. The van der Waals surface area contributed by atoms with E-state index in [4.69, 9.17) is 11.5 Å². The fourth-order valence-corrected chi connectivity index (χ4v) is 3.91. The predicted molar refractivity (Wildman–Crippen MR) is 122 cm³/mol. The number of rotatable bonds is 5. The maximum absolute atomic E-state index is 5.72. The molecule has 0 saturated carbocycles. The highest BCUT2D eigenvalue weighted by Crippen LogP contribution is 2.30. The summed E-state index contributed by atoms with van der Waals surface area (Å²) in [6, 6.07) is 18.6. The topological polar surface area (TPSA) is 121 Å². The lowest BCUT2D eigenvalue weighted by molar-refractivity contribution is 0.590. The van der Waals surface area contributed by atoms with E-state index in [1.165, 1.54) is 17.3 Å². The lowest BCUT2D eigenvalue weighted by Crippen LogP contribution is -2.10. The van der Waals surface area contributed by atoms with Crippen molar-refractivity contribution in [3.05, 3.63) is 65.7 Å². The molecule has 0 saturated heterocycles. The smallest absolute Gasteiger partial charge is 0.225 e. The summed E-state index contributed by atoms with van der Waals surface area (Å²) in [4.78, 5) is 12.1. The highest BCUT2D eigenvalue weighted by atomic mass is 32.2. The minimum absolute atomic E-state index is 0.0714. The van der Waals surface area contributed by atoms with Crippen molar-refractivity contribution in [2.24, 2.45) is 0 Å². The van der Waals surface area contributed by atoms with Crippen LogP contribution in [0.1, 0.15) is 31.9 Å². The van der Waals surface area contributed by atoms with Crippen molar-refractivity contribution in [1.29, 1.82) is 0 Å². The standard InChI is InChI=1S/C22H24N8S/c1-22(2,3)16-11-9-15(10-12-16)17-28-29-21(30(17)13-14-7-5-4-6-8-14)31-20-26-18(23)25-19(24)27-20/h4-12H,13H2,1-3H3,(H4,23,24,25,26,27). The molecule has 0 bridgehead atoms. The van der Waals surface area contributed by atoms with Crippen molar-refractivity contribution in [2.45, 2.75) is 43.0 Å². The van der Waals surface area contributed by atoms with Crippen molar-refractivity contribution in [2.75, 3.05) is 11.5 Å². The van der Waals surface area contributed by atoms with E-state index in [1.54, 1.807) is 0 Å². The Morgan fingerprint density at radius 2 is 1.48 bits per heavy atom. The Labute approximate surface area is 185 Å². The molecule has 9 heteroatoms. The quantitative estimate of drug-likeness (QED) is 0.488. The normalized spacial score (nSPS) is 11.6. The Hall–Kier alpha value is -3.46. The van der Waals surface area contributed by atoms with Crippen molar-refractivity contribution in [3.8, 4) is 11.4 Å². The van der Waals surface area contributed by atoms with Crippen LogP contribution < -0.4 is 11.5 Å². The molecule has 0 spiro atoms. The Balaban J connectivity index is 1.74. The Morgan fingerprint density at radius 3 is 2.10 bits per heavy atom. The first-order chi connectivity index (χ1) is 14.8. The lowest BCUT2D eigenvalue weighted by Gasteiger charge is -2.19. The average Bonchev–Trinajstić information content (AvgIpc) is 3.09. The van der Waals surface area contributed by atoms with Crippen LogP contribution in [0.5, 0.6) is 0 Å². The van der Waals surface area contributed by atoms with Gasteiger partial charge in [-0.1, -0.05) is 75.4 Å². The van der Waals surface area contributed by atoms with Gasteiger partial charge in [-0.05, 0) is 28.3 Å². The van der Waals surface area contributed by atoms with Crippen LogP contribution in [-0.2, 0) is 12.0 Å². The third-order valence-corrected chi connectivity index (χ3v) is 5.59. The molecule has 4 N–H and O–H groups in total. The lowest BCUT2D eigenvalue weighted by atomic mass is 9.87. The number of nitrogens with zero attached hydrogens (tertiary/aromatic N) is 6. The molecule has 2 aromatic carbocycles. The minimum Gasteiger partial charge on any atom is -0.368 e. The first kappa shape index (κ1) is 20.8. The molecule has 0 atom stereocenters. The highest BCUT2D eigenvalue weighted by molar-refractivity contribution is 7.99. The summed E-state index contributed by atoms with van der Waals surface area (Å²) in [5, 5.41) is 9.90. The second-order valence-electron chi connectivity index (χ2n) is 8.14. The molecule has 2 heterocycles. The monoisotopic (exact) mass is 432 g/mol. The fraction of sp³-hybridized carbons (Fsp3) is 0.227. The number of hydrogen-bond acceptors (Lipinski definition) is 8. The number of anilines is 2. The van der Waals surface area contributed by atoms with Crippen molar-refractivity contribution in [3.63, 3.8) is 0 Å². The van der Waals surface area contributed by atoms with E-state index in [-0.39, 0.29) is 17.3 Å². The Kier molecular flexibility index (Phi) is 5.60. The average molecular weight is 433 g/mol. The third-order valence-electron chi connectivity index (χ3n) is 4.74. The van der Waals surface area contributed by atoms with E-state index in [2.05, 4.69) is 82.3 Å². The Bertz CT molecular complexity index is 1160. The van der Waals surface area contributed by atoms with Crippen LogP contribution in [0.4, 0.5) is 11.9 Å². The number of benzene rings is 2. The van der Waals surface area contributed by atoms with Gasteiger partial charge in [-0.25, -0.2) is 0 Å². The molecule has 4 aromatic rings. The molecule has 0 aliphatic heterocycles.